The molecule has 1 aliphatic rings. The Kier molecular flexibility index (Phi) is 6.56. The molecule has 0 saturated carbocycles. The number of nitrogens with zero attached hydrogens (tertiary/aromatic N) is 2. The van der Waals surface area contributed by atoms with E-state index in [9.17, 15) is 13.2 Å². The Morgan fingerprint density at radius 1 is 1.31 bits per heavy atom. The highest BCUT2D eigenvalue weighted by Gasteiger charge is 2.23. The van der Waals surface area contributed by atoms with Gasteiger partial charge in [-0.25, -0.2) is 0 Å². The number of hydrogen-bond acceptors (Lipinski definition) is 4. The van der Waals surface area contributed by atoms with Crippen LogP contribution in [0.4, 0.5) is 5.69 Å². The van der Waals surface area contributed by atoms with Crippen LogP contribution in [0.5, 0.6) is 0 Å². The first-order chi connectivity index (χ1) is 13.8. The maximum atomic E-state index is 12.8. The van der Waals surface area contributed by atoms with Gasteiger partial charge in [0.1, 0.15) is 6.34 Å². The van der Waals surface area contributed by atoms with E-state index in [1.54, 1.807) is 43.3 Å². The Labute approximate surface area is 175 Å². The predicted molar refractivity (Wildman–Crippen MR) is 115 cm³/mol. The largest absolute Gasteiger partial charge is 0.368 e. The molecule has 0 aliphatic carbocycles. The Morgan fingerprint density at radius 2 is 2.07 bits per heavy atom. The lowest BCUT2D eigenvalue weighted by molar-refractivity contribution is -0.115. The van der Waals surface area contributed by atoms with E-state index >= 15 is 0 Å². The van der Waals surface area contributed by atoms with Gasteiger partial charge in [0, 0.05) is 31.4 Å². The van der Waals surface area contributed by atoms with Crippen molar-refractivity contribution in [2.24, 2.45) is 4.40 Å². The fraction of sp³-hybridized carbons (Fsp3) is 0.300. The molecule has 0 unspecified atom stereocenters. The average Bonchev–Trinajstić information content (AvgIpc) is 2.67. The van der Waals surface area contributed by atoms with Crippen LogP contribution < -0.4 is 10.6 Å². The number of halogens is 1. The van der Waals surface area contributed by atoms with Gasteiger partial charge in [-0.05, 0) is 47.9 Å². The van der Waals surface area contributed by atoms with Gasteiger partial charge in [0.15, 0.2) is 0 Å². The van der Waals surface area contributed by atoms with E-state index in [0.29, 0.717) is 35.8 Å². The van der Waals surface area contributed by atoms with Gasteiger partial charge >= 0.3 is 0 Å². The van der Waals surface area contributed by atoms with Gasteiger partial charge in [-0.2, -0.15) is 8.42 Å². The van der Waals surface area contributed by atoms with Gasteiger partial charge in [-0.1, -0.05) is 29.8 Å². The summed E-state index contributed by atoms with van der Waals surface area (Å²) in [5.74, 6) is -0.276. The van der Waals surface area contributed by atoms with Gasteiger partial charge in [-0.15, -0.1) is 4.40 Å². The summed E-state index contributed by atoms with van der Waals surface area (Å²) in [7, 11) is -0.497. The second kappa shape index (κ2) is 8.94. The number of benzene rings is 2. The summed E-state index contributed by atoms with van der Waals surface area (Å²) >= 11 is 6.12. The van der Waals surface area contributed by atoms with Crippen LogP contribution in [0.15, 0.2) is 45.7 Å². The molecular formula is C20H23ClN4O3S. The van der Waals surface area contributed by atoms with Gasteiger partial charge in [0.25, 0.3) is 10.0 Å². The summed E-state index contributed by atoms with van der Waals surface area (Å²) in [6.07, 6.45) is 1.93. The zero-order valence-electron chi connectivity index (χ0n) is 16.3. The van der Waals surface area contributed by atoms with Gasteiger partial charge in [-0.3, -0.25) is 4.79 Å². The van der Waals surface area contributed by atoms with Gasteiger partial charge in [0.2, 0.25) is 5.91 Å². The zero-order chi connectivity index (χ0) is 21.0. The summed E-state index contributed by atoms with van der Waals surface area (Å²) in [6.45, 7) is 1.22. The molecule has 29 heavy (non-hydrogen) atoms. The van der Waals surface area contributed by atoms with Crippen molar-refractivity contribution in [3.63, 3.8) is 0 Å². The van der Waals surface area contributed by atoms with Crippen molar-refractivity contribution in [1.29, 1.82) is 0 Å². The van der Waals surface area contributed by atoms with E-state index in [1.165, 1.54) is 12.4 Å². The van der Waals surface area contributed by atoms with Crippen molar-refractivity contribution >= 4 is 39.6 Å². The summed E-state index contributed by atoms with van der Waals surface area (Å²) in [6, 6.07) is 10.4. The van der Waals surface area contributed by atoms with Crippen molar-refractivity contribution in [3.8, 4) is 0 Å². The zero-order valence-corrected chi connectivity index (χ0v) is 17.8. The first-order valence-corrected chi connectivity index (χ1v) is 10.9. The third-order valence-electron chi connectivity index (χ3n) is 4.46. The lowest BCUT2D eigenvalue weighted by atomic mass is 10.00. The lowest BCUT2D eigenvalue weighted by Gasteiger charge is -2.21. The summed E-state index contributed by atoms with van der Waals surface area (Å²) in [5, 5.41) is 6.53. The molecule has 7 nitrogen and oxygen atoms in total. The SMILES string of the molecule is CN(C)/C=N/S(=O)(=O)c1cc(NC(=O)Cc2ccccc2Cl)cc2c1CCNC2. The number of hydrogen-bond donors (Lipinski definition) is 2. The minimum absolute atomic E-state index is 0.0931. The van der Waals surface area contributed by atoms with Crippen LogP contribution >= 0.6 is 11.6 Å². The predicted octanol–water partition coefficient (Wildman–Crippen LogP) is 2.45. The fourth-order valence-electron chi connectivity index (χ4n) is 3.12. The minimum Gasteiger partial charge on any atom is -0.368 e. The molecule has 2 aromatic rings. The van der Waals surface area contributed by atoms with Crippen LogP contribution in [0.25, 0.3) is 0 Å². The highest BCUT2D eigenvalue weighted by Crippen LogP contribution is 2.29. The highest BCUT2D eigenvalue weighted by atomic mass is 35.5. The van der Waals surface area contributed by atoms with Crippen LogP contribution in [-0.2, 0) is 34.2 Å². The molecule has 0 fully saturated rings. The molecule has 0 spiro atoms. The van der Waals surface area contributed by atoms with Crippen molar-refractivity contribution in [2.75, 3.05) is 26.0 Å². The molecule has 0 bridgehead atoms. The van der Waals surface area contributed by atoms with Gasteiger partial charge in [0.05, 0.1) is 11.3 Å². The van der Waals surface area contributed by atoms with E-state index in [1.807, 2.05) is 6.07 Å². The third-order valence-corrected chi connectivity index (χ3v) is 6.12. The van der Waals surface area contributed by atoms with E-state index in [2.05, 4.69) is 15.0 Å². The molecule has 1 heterocycles. The lowest BCUT2D eigenvalue weighted by Crippen LogP contribution is -2.26. The molecule has 1 amide bonds. The molecule has 0 saturated heterocycles. The molecular weight excluding hydrogens is 412 g/mol. The molecule has 2 N–H and O–H groups in total. The number of nitrogens with one attached hydrogen (secondary N) is 2. The van der Waals surface area contributed by atoms with Crippen LogP contribution in [0.2, 0.25) is 5.02 Å². The molecule has 1 aliphatic heterocycles. The Morgan fingerprint density at radius 3 is 2.79 bits per heavy atom. The Bertz CT molecular complexity index is 1050. The number of sulfonamides is 1. The molecule has 0 aromatic heterocycles. The fourth-order valence-corrected chi connectivity index (χ4v) is 4.57. The number of rotatable bonds is 6. The topological polar surface area (TPSA) is 90.9 Å². The third kappa shape index (κ3) is 5.35. The maximum absolute atomic E-state index is 12.8. The Hall–Kier alpha value is -2.42. The van der Waals surface area contributed by atoms with E-state index in [4.69, 9.17) is 11.6 Å². The average molecular weight is 435 g/mol. The van der Waals surface area contributed by atoms with E-state index in [-0.39, 0.29) is 17.2 Å². The summed E-state index contributed by atoms with van der Waals surface area (Å²) < 4.78 is 29.4. The van der Waals surface area contributed by atoms with E-state index < -0.39 is 10.0 Å². The quantitative estimate of drug-likeness (QED) is 0.538. The molecule has 0 radical (unpaired) electrons. The van der Waals surface area contributed by atoms with E-state index in [0.717, 1.165) is 11.1 Å². The van der Waals surface area contributed by atoms with Crippen molar-refractivity contribution < 1.29 is 13.2 Å². The molecule has 9 heteroatoms. The van der Waals surface area contributed by atoms with Crippen LogP contribution in [0, 0.1) is 0 Å². The normalized spacial score (nSPS) is 13.9. The number of carbonyl (C=O) groups excluding carboxylic acids is 1. The number of amides is 1. The number of fused-ring (bicyclic) bond motifs is 1. The minimum atomic E-state index is -3.89. The summed E-state index contributed by atoms with van der Waals surface area (Å²) in [4.78, 5) is 14.2. The second-order valence-corrected chi connectivity index (χ2v) is 9.02. The standard InChI is InChI=1S/C20H23ClN4O3S/c1-25(2)13-23-29(27,28)19-11-16(9-15-12-22-8-7-17(15)19)24-20(26)10-14-5-3-4-6-18(14)21/h3-6,9,11,13,22H,7-8,10,12H2,1-2H3,(H,24,26)/b23-13+. The number of anilines is 1. The smallest absolute Gasteiger partial charge is 0.284 e. The number of carbonyl (C=O) groups is 1. The highest BCUT2D eigenvalue weighted by molar-refractivity contribution is 7.90. The van der Waals surface area contributed by atoms with Crippen molar-refractivity contribution in [1.82, 2.24) is 10.2 Å². The maximum Gasteiger partial charge on any atom is 0.284 e. The van der Waals surface area contributed by atoms with Crippen molar-refractivity contribution in [3.05, 3.63) is 58.1 Å². The van der Waals surface area contributed by atoms with Crippen LogP contribution in [0.3, 0.4) is 0 Å². The van der Waals surface area contributed by atoms with Gasteiger partial charge < -0.3 is 15.5 Å². The second-order valence-electron chi connectivity index (χ2n) is 7.01. The summed E-state index contributed by atoms with van der Waals surface area (Å²) in [5.41, 5.74) is 2.70. The molecule has 154 valence electrons. The van der Waals surface area contributed by atoms with Crippen LogP contribution in [-0.4, -0.2) is 46.2 Å². The first-order valence-electron chi connectivity index (χ1n) is 9.13. The first kappa shape index (κ1) is 21.3. The molecule has 0 atom stereocenters. The van der Waals surface area contributed by atoms with Crippen LogP contribution in [0.1, 0.15) is 16.7 Å². The Balaban J connectivity index is 1.92. The molecule has 2 aromatic carbocycles. The van der Waals surface area contributed by atoms with Crippen molar-refractivity contribution in [2.45, 2.75) is 24.3 Å². The monoisotopic (exact) mass is 434 g/mol. The molecule has 3 rings (SSSR count).